The molecule has 0 bridgehead atoms. The Hall–Kier alpha value is -8.34. The zero-order valence-electron chi connectivity index (χ0n) is 45.6. The van der Waals surface area contributed by atoms with Crippen molar-refractivity contribution in [1.29, 1.82) is 0 Å². The van der Waals surface area contributed by atoms with Gasteiger partial charge in [0.1, 0.15) is 42.3 Å². The molecule has 1 aromatic carbocycles. The van der Waals surface area contributed by atoms with Crippen molar-refractivity contribution in [2.45, 2.75) is 121 Å². The maximum absolute atomic E-state index is 14.3. The monoisotopic (exact) mass is 1130 g/mol. The number of nitrogens with two attached hydrogens (primary N) is 3. The number of primary amides is 2. The van der Waals surface area contributed by atoms with E-state index in [0.717, 1.165) is 10.9 Å². The Kier molecular flexibility index (Phi) is 25.6. The van der Waals surface area contributed by atoms with Crippen molar-refractivity contribution in [1.82, 2.24) is 72.4 Å². The molecule has 0 fully saturated rings. The van der Waals surface area contributed by atoms with E-state index in [9.17, 15) is 52.7 Å². The van der Waals surface area contributed by atoms with E-state index in [0.29, 0.717) is 42.0 Å². The minimum Gasteiger partial charge on any atom is -0.370 e. The number of hydrogen-bond donors (Lipinski definition) is 14. The van der Waals surface area contributed by atoms with Gasteiger partial charge in [-0.1, -0.05) is 45.9 Å². The van der Waals surface area contributed by atoms with Crippen molar-refractivity contribution in [3.05, 3.63) is 72.5 Å². The highest BCUT2D eigenvalue weighted by Gasteiger charge is 2.35. The second-order valence-corrected chi connectivity index (χ2v) is 20.9. The maximum Gasteiger partial charge on any atom is 0.243 e. The highest BCUT2D eigenvalue weighted by molar-refractivity contribution is 7.98. The molecule has 2 unspecified atom stereocenters. The fraction of sp³-hybridized carbons (Fsp3) is 0.510. The molecule has 11 amide bonds. The molecule has 0 saturated carbocycles. The lowest BCUT2D eigenvalue weighted by Crippen LogP contribution is -2.60. The van der Waals surface area contributed by atoms with Crippen LogP contribution in [0.3, 0.4) is 0 Å². The number of nitrogens with zero attached hydrogens (tertiary/aromatic N) is 3. The molecular formula is C51H75N17O11S. The molecule has 28 nitrogen and oxygen atoms in total. The van der Waals surface area contributed by atoms with Crippen LogP contribution in [0, 0.1) is 11.8 Å². The fourth-order valence-electron chi connectivity index (χ4n) is 8.55. The Morgan fingerprint density at radius 1 is 0.688 bits per heavy atom. The molecule has 8 atom stereocenters. The summed E-state index contributed by atoms with van der Waals surface area (Å²) in [6.07, 6.45) is 9.33. The number of H-pyrrole nitrogens is 3. The van der Waals surface area contributed by atoms with Gasteiger partial charge in [0.2, 0.25) is 65.5 Å². The number of rotatable bonds is 35. The predicted molar refractivity (Wildman–Crippen MR) is 295 cm³/mol. The Bertz CT molecular complexity index is 2740. The van der Waals surface area contributed by atoms with Gasteiger partial charge in [0.25, 0.3) is 0 Å². The molecule has 436 valence electrons. The molecule has 29 heteroatoms. The zero-order valence-corrected chi connectivity index (χ0v) is 46.4. The number of nitrogens with one attached hydrogen (secondary N) is 11. The molecule has 4 aromatic rings. The van der Waals surface area contributed by atoms with Gasteiger partial charge in [0, 0.05) is 72.7 Å². The fourth-order valence-corrected chi connectivity index (χ4v) is 9.01. The van der Waals surface area contributed by atoms with Gasteiger partial charge in [0.05, 0.1) is 32.2 Å². The number of carbonyl (C=O) groups is 11. The van der Waals surface area contributed by atoms with Crippen LogP contribution in [0.1, 0.15) is 70.8 Å². The van der Waals surface area contributed by atoms with Crippen LogP contribution in [0.2, 0.25) is 0 Å². The third kappa shape index (κ3) is 20.5. The average Bonchev–Trinajstić information content (AvgIpc) is 4.22. The van der Waals surface area contributed by atoms with E-state index >= 15 is 0 Å². The predicted octanol–water partition coefficient (Wildman–Crippen LogP) is -3.23. The van der Waals surface area contributed by atoms with Gasteiger partial charge in [-0.3, -0.25) is 52.7 Å². The highest BCUT2D eigenvalue weighted by atomic mass is 32.2. The van der Waals surface area contributed by atoms with E-state index in [1.807, 2.05) is 26.2 Å². The topological polar surface area (TPSA) is 438 Å². The molecule has 80 heavy (non-hydrogen) atoms. The molecule has 17 N–H and O–H groups in total. The summed E-state index contributed by atoms with van der Waals surface area (Å²) in [5.41, 5.74) is 18.6. The number of para-hydroxylation sites is 1. The van der Waals surface area contributed by atoms with Crippen molar-refractivity contribution >= 4 is 88.1 Å². The molecular weight excluding hydrogens is 1060 g/mol. The first-order valence-electron chi connectivity index (χ1n) is 25.9. The van der Waals surface area contributed by atoms with Gasteiger partial charge in [-0.15, -0.1) is 0 Å². The summed E-state index contributed by atoms with van der Waals surface area (Å²) >= 11 is 1.48. The lowest BCUT2D eigenvalue weighted by atomic mass is 10.0. The van der Waals surface area contributed by atoms with Gasteiger partial charge in [-0.25, -0.2) is 9.97 Å². The highest BCUT2D eigenvalue weighted by Crippen LogP contribution is 2.20. The molecule has 0 saturated heterocycles. The quantitative estimate of drug-likeness (QED) is 0.0202. The summed E-state index contributed by atoms with van der Waals surface area (Å²) in [6.45, 7) is 7.28. The number of benzene rings is 1. The van der Waals surface area contributed by atoms with Gasteiger partial charge < -0.3 is 79.6 Å². The third-order valence-corrected chi connectivity index (χ3v) is 13.3. The SMILES string of the molecule is CSCCC(C(N)=O)N(C=O)CC(CC(C)C)NC(=O)[C@H](Cc1cnc[nH]1)NC(=O)CNC(=O)[C@@H](NC(=O)[C@H](C)NC(=O)[C@H](Cc1c[nH]c2ccccc12)NC(=O)[C@H](Cc1cnc[nH]1)NC(=O)[C@H](CC(N)=O)NC(=O)CN)C(C)C. The van der Waals surface area contributed by atoms with Gasteiger partial charge in [-0.05, 0) is 55.2 Å². The van der Waals surface area contributed by atoms with Crippen LogP contribution in [0.5, 0.6) is 0 Å². The van der Waals surface area contributed by atoms with Crippen LogP contribution in [-0.4, -0.2) is 175 Å². The Balaban J connectivity index is 1.48. The summed E-state index contributed by atoms with van der Waals surface area (Å²) in [4.78, 5) is 164. The Morgan fingerprint density at radius 3 is 1.81 bits per heavy atom. The molecule has 3 aromatic heterocycles. The van der Waals surface area contributed by atoms with Crippen LogP contribution in [0.15, 0.2) is 55.5 Å². The van der Waals surface area contributed by atoms with Crippen LogP contribution < -0.4 is 59.7 Å². The summed E-state index contributed by atoms with van der Waals surface area (Å²) < 4.78 is 0. The standard InChI is InChI=1S/C51H75N17O11S/c1-27(2)13-33(23-68(26-69)40(45(54)73)11-12-80-6)62-48(76)37(15-31-20-55-24-59-31)64-43(72)22-58-51(79)44(28(3)4)67-46(74)29(5)61-47(75)36(14-30-19-57-35-10-8-7-9-34(30)35)65-49(77)38(16-32-21-56-25-60-32)66-50(78)39(17-41(53)70)63-42(71)18-52/h7-10,19-21,24-29,33,36-40,44,57H,11-18,22-23,52H2,1-6H3,(H2,53,70)(H2,54,73)(H,55,59)(H,56,60)(H,58,79)(H,61,75)(H,62,76)(H,63,71)(H,64,72)(H,65,77)(H,66,78)(H,67,74)/t29-,33?,36-,37-,38-,39-,40?,44-/m0/s1. The van der Waals surface area contributed by atoms with Gasteiger partial charge in [0.15, 0.2) is 0 Å². The van der Waals surface area contributed by atoms with Crippen LogP contribution in [0.25, 0.3) is 10.9 Å². The number of amides is 11. The van der Waals surface area contributed by atoms with Gasteiger partial charge in [-0.2, -0.15) is 11.8 Å². The van der Waals surface area contributed by atoms with Gasteiger partial charge >= 0.3 is 0 Å². The summed E-state index contributed by atoms with van der Waals surface area (Å²) in [5, 5.41) is 21.5. The summed E-state index contributed by atoms with van der Waals surface area (Å²) in [6, 6.07) is -2.53. The largest absolute Gasteiger partial charge is 0.370 e. The first-order valence-corrected chi connectivity index (χ1v) is 27.3. The van der Waals surface area contributed by atoms with E-state index in [1.54, 1.807) is 38.2 Å². The number of fused-ring (bicyclic) bond motifs is 1. The normalized spacial score (nSPS) is 14.2. The number of thioether (sulfide) groups is 1. The lowest BCUT2D eigenvalue weighted by Gasteiger charge is -2.32. The molecule has 0 spiro atoms. The van der Waals surface area contributed by atoms with Crippen LogP contribution >= 0.6 is 11.8 Å². The molecule has 4 rings (SSSR count). The maximum atomic E-state index is 14.3. The number of imidazole rings is 2. The number of aromatic nitrogens is 5. The number of aromatic amines is 3. The lowest BCUT2D eigenvalue weighted by molar-refractivity contribution is -0.135. The first-order chi connectivity index (χ1) is 38.0. The molecule has 3 heterocycles. The zero-order chi connectivity index (χ0) is 59.1. The van der Waals surface area contributed by atoms with Crippen molar-refractivity contribution in [3.8, 4) is 0 Å². The number of hydrogen-bond acceptors (Lipinski definition) is 15. The van der Waals surface area contributed by atoms with Crippen molar-refractivity contribution in [3.63, 3.8) is 0 Å². The van der Waals surface area contributed by atoms with E-state index in [1.165, 1.54) is 48.6 Å². The second kappa shape index (κ2) is 31.9. The van der Waals surface area contributed by atoms with Crippen molar-refractivity contribution in [2.75, 3.05) is 31.6 Å². The van der Waals surface area contributed by atoms with Crippen LogP contribution in [-0.2, 0) is 72.0 Å². The average molecular weight is 1130 g/mol. The smallest absolute Gasteiger partial charge is 0.243 e. The van der Waals surface area contributed by atoms with E-state index in [-0.39, 0.29) is 31.7 Å². The van der Waals surface area contributed by atoms with Crippen LogP contribution in [0.4, 0.5) is 0 Å². The Morgan fingerprint density at radius 2 is 1.26 bits per heavy atom. The minimum absolute atomic E-state index is 0.0364. The van der Waals surface area contributed by atoms with Crippen molar-refractivity contribution < 1.29 is 52.7 Å². The second-order valence-electron chi connectivity index (χ2n) is 19.9. The van der Waals surface area contributed by atoms with E-state index in [2.05, 4.69) is 67.5 Å². The molecule has 0 aliphatic heterocycles. The number of carbonyl (C=O) groups excluding carboxylic acids is 11. The third-order valence-electron chi connectivity index (χ3n) is 12.6. The van der Waals surface area contributed by atoms with Crippen molar-refractivity contribution in [2.24, 2.45) is 29.0 Å². The Labute approximate surface area is 466 Å². The molecule has 0 aliphatic rings. The molecule has 0 radical (unpaired) electrons. The minimum atomic E-state index is -1.51. The first kappa shape index (κ1) is 64.2. The van der Waals surface area contributed by atoms with E-state index in [4.69, 9.17) is 17.2 Å². The summed E-state index contributed by atoms with van der Waals surface area (Å²) in [7, 11) is 0. The molecule has 0 aliphatic carbocycles. The summed E-state index contributed by atoms with van der Waals surface area (Å²) in [5.74, 6) is -8.03. The van der Waals surface area contributed by atoms with E-state index < -0.39 is 133 Å².